The predicted molar refractivity (Wildman–Crippen MR) is 103 cm³/mol. The molecule has 0 unspecified atom stereocenters. The molecule has 0 aliphatic carbocycles. The summed E-state index contributed by atoms with van der Waals surface area (Å²) in [7, 11) is 0. The second-order valence-electron chi connectivity index (χ2n) is 6.91. The standard InChI is InChI=1S/C19H18ClF3N4O2/c20-14-3-4-15-16(10-14)29-18(28)27(15)12-25-6-1-7-26(9-8-25)17-5-2-13(11-24-17)19(21,22)23/h2-5,10-11H,1,6-9,12H2. The molecule has 10 heteroatoms. The normalized spacial score (nSPS) is 16.3. The van der Waals surface area contributed by atoms with Crippen molar-refractivity contribution in [1.82, 2.24) is 14.5 Å². The van der Waals surface area contributed by atoms with Gasteiger partial charge in [-0.15, -0.1) is 0 Å². The summed E-state index contributed by atoms with van der Waals surface area (Å²) < 4.78 is 45.0. The van der Waals surface area contributed by atoms with Crippen molar-refractivity contribution >= 4 is 28.5 Å². The summed E-state index contributed by atoms with van der Waals surface area (Å²) in [5.74, 6) is 0.0631. The molecule has 0 radical (unpaired) electrons. The molecule has 4 rings (SSSR count). The van der Waals surface area contributed by atoms with Crippen molar-refractivity contribution in [3.63, 3.8) is 0 Å². The molecule has 1 fully saturated rings. The molecule has 1 saturated heterocycles. The van der Waals surface area contributed by atoms with E-state index >= 15 is 0 Å². The lowest BCUT2D eigenvalue weighted by Gasteiger charge is -2.23. The summed E-state index contributed by atoms with van der Waals surface area (Å²) >= 11 is 5.95. The Balaban J connectivity index is 1.46. The van der Waals surface area contributed by atoms with Crippen LogP contribution in [0.25, 0.3) is 11.1 Å². The minimum absolute atomic E-state index is 0.363. The Hall–Kier alpha value is -2.52. The van der Waals surface area contributed by atoms with E-state index in [4.69, 9.17) is 16.0 Å². The molecule has 0 spiro atoms. The van der Waals surface area contributed by atoms with E-state index in [-0.39, 0.29) is 0 Å². The number of benzene rings is 1. The van der Waals surface area contributed by atoms with E-state index in [9.17, 15) is 18.0 Å². The van der Waals surface area contributed by atoms with Crippen LogP contribution in [0.4, 0.5) is 19.0 Å². The molecule has 1 aliphatic rings. The number of halogens is 4. The minimum atomic E-state index is -4.40. The lowest BCUT2D eigenvalue weighted by atomic mass is 10.2. The smallest absolute Gasteiger partial charge is 0.408 e. The zero-order chi connectivity index (χ0) is 20.6. The highest BCUT2D eigenvalue weighted by molar-refractivity contribution is 6.31. The maximum Gasteiger partial charge on any atom is 0.421 e. The number of rotatable bonds is 3. The van der Waals surface area contributed by atoms with Crippen LogP contribution in [0.5, 0.6) is 0 Å². The van der Waals surface area contributed by atoms with Crippen molar-refractivity contribution in [2.75, 3.05) is 31.1 Å². The fourth-order valence-electron chi connectivity index (χ4n) is 3.46. The van der Waals surface area contributed by atoms with E-state index in [0.29, 0.717) is 48.2 Å². The minimum Gasteiger partial charge on any atom is -0.408 e. The maximum absolute atomic E-state index is 12.7. The Kier molecular flexibility index (Phi) is 5.26. The van der Waals surface area contributed by atoms with Crippen LogP contribution in [0, 0.1) is 0 Å². The molecule has 0 saturated carbocycles. The average Bonchev–Trinajstić information content (AvgIpc) is 2.83. The number of oxazole rings is 1. The Morgan fingerprint density at radius 3 is 2.66 bits per heavy atom. The Morgan fingerprint density at radius 1 is 1.10 bits per heavy atom. The van der Waals surface area contributed by atoms with Gasteiger partial charge in [-0.2, -0.15) is 13.2 Å². The third-order valence-corrected chi connectivity index (χ3v) is 5.19. The predicted octanol–water partition coefficient (Wildman–Crippen LogP) is 3.83. The van der Waals surface area contributed by atoms with Crippen LogP contribution in [0.3, 0.4) is 0 Å². The molecule has 2 aromatic heterocycles. The number of fused-ring (bicyclic) bond motifs is 1. The number of alkyl halides is 3. The SMILES string of the molecule is O=c1oc2cc(Cl)ccc2n1CN1CCCN(c2ccc(C(F)(F)F)cn2)CC1. The highest BCUT2D eigenvalue weighted by Crippen LogP contribution is 2.29. The number of anilines is 1. The number of aromatic nitrogens is 2. The lowest BCUT2D eigenvalue weighted by Crippen LogP contribution is -2.34. The first-order valence-corrected chi connectivity index (χ1v) is 9.48. The molecule has 0 amide bonds. The first-order chi connectivity index (χ1) is 13.8. The van der Waals surface area contributed by atoms with Crippen LogP contribution in [-0.2, 0) is 12.8 Å². The van der Waals surface area contributed by atoms with E-state index in [1.807, 2.05) is 4.90 Å². The number of nitrogens with zero attached hydrogens (tertiary/aromatic N) is 4. The van der Waals surface area contributed by atoms with Crippen molar-refractivity contribution in [2.24, 2.45) is 0 Å². The molecular weight excluding hydrogens is 409 g/mol. The highest BCUT2D eigenvalue weighted by atomic mass is 35.5. The summed E-state index contributed by atoms with van der Waals surface area (Å²) in [5, 5.41) is 0.493. The van der Waals surface area contributed by atoms with Crippen LogP contribution in [0.15, 0.2) is 45.7 Å². The van der Waals surface area contributed by atoms with E-state index in [2.05, 4.69) is 9.88 Å². The fraction of sp³-hybridized carbons (Fsp3) is 0.368. The van der Waals surface area contributed by atoms with E-state index in [0.717, 1.165) is 25.2 Å². The zero-order valence-corrected chi connectivity index (χ0v) is 16.1. The van der Waals surface area contributed by atoms with E-state index in [1.165, 1.54) is 6.07 Å². The maximum atomic E-state index is 12.7. The van der Waals surface area contributed by atoms with Gasteiger partial charge in [0.05, 0.1) is 17.7 Å². The van der Waals surface area contributed by atoms with Crippen LogP contribution in [-0.4, -0.2) is 40.6 Å². The third kappa shape index (κ3) is 4.25. The van der Waals surface area contributed by atoms with Gasteiger partial charge in [-0.3, -0.25) is 9.47 Å². The molecule has 1 aromatic carbocycles. The van der Waals surface area contributed by atoms with Gasteiger partial charge in [-0.25, -0.2) is 9.78 Å². The van der Waals surface area contributed by atoms with Crippen molar-refractivity contribution < 1.29 is 17.6 Å². The first-order valence-electron chi connectivity index (χ1n) is 9.11. The Morgan fingerprint density at radius 2 is 1.93 bits per heavy atom. The van der Waals surface area contributed by atoms with E-state index < -0.39 is 17.5 Å². The molecule has 154 valence electrons. The quantitative estimate of drug-likeness (QED) is 0.637. The van der Waals surface area contributed by atoms with E-state index in [1.54, 1.807) is 22.8 Å². The summed E-state index contributed by atoms with van der Waals surface area (Å²) in [6.07, 6.45) is -2.74. The van der Waals surface area contributed by atoms with Gasteiger partial charge < -0.3 is 9.32 Å². The molecule has 29 heavy (non-hydrogen) atoms. The second kappa shape index (κ2) is 7.72. The summed E-state index contributed by atoms with van der Waals surface area (Å²) in [4.78, 5) is 20.3. The monoisotopic (exact) mass is 426 g/mol. The van der Waals surface area contributed by atoms with Gasteiger partial charge in [-0.05, 0) is 30.7 Å². The van der Waals surface area contributed by atoms with Gasteiger partial charge in [-0.1, -0.05) is 11.6 Å². The number of hydrogen-bond donors (Lipinski definition) is 0. The Labute approximate surface area is 169 Å². The molecule has 1 aliphatic heterocycles. The van der Waals surface area contributed by atoms with Gasteiger partial charge in [0.1, 0.15) is 5.82 Å². The second-order valence-corrected chi connectivity index (χ2v) is 7.35. The van der Waals surface area contributed by atoms with Gasteiger partial charge >= 0.3 is 11.9 Å². The fourth-order valence-corrected chi connectivity index (χ4v) is 3.62. The zero-order valence-electron chi connectivity index (χ0n) is 15.3. The van der Waals surface area contributed by atoms with Gasteiger partial charge in [0.2, 0.25) is 0 Å². The van der Waals surface area contributed by atoms with Gasteiger partial charge in [0, 0.05) is 43.5 Å². The average molecular weight is 427 g/mol. The molecule has 3 heterocycles. The van der Waals surface area contributed by atoms with Gasteiger partial charge in [0.25, 0.3) is 0 Å². The topological polar surface area (TPSA) is 54.5 Å². The van der Waals surface area contributed by atoms with Crippen LogP contribution in [0.2, 0.25) is 5.02 Å². The molecular formula is C19H18ClF3N4O2. The van der Waals surface area contributed by atoms with Crippen molar-refractivity contribution in [1.29, 1.82) is 0 Å². The molecule has 6 nitrogen and oxygen atoms in total. The van der Waals surface area contributed by atoms with Crippen LogP contribution >= 0.6 is 11.6 Å². The molecule has 0 atom stereocenters. The Bertz CT molecular complexity index is 1060. The number of pyridine rings is 1. The highest BCUT2D eigenvalue weighted by Gasteiger charge is 2.31. The van der Waals surface area contributed by atoms with Crippen molar-refractivity contribution in [3.05, 3.63) is 57.7 Å². The summed E-state index contributed by atoms with van der Waals surface area (Å²) in [6, 6.07) is 7.51. The van der Waals surface area contributed by atoms with Crippen molar-refractivity contribution in [2.45, 2.75) is 19.3 Å². The lowest BCUT2D eigenvalue weighted by molar-refractivity contribution is -0.137. The van der Waals surface area contributed by atoms with Gasteiger partial charge in [0.15, 0.2) is 5.58 Å². The molecule has 0 N–H and O–H groups in total. The largest absolute Gasteiger partial charge is 0.421 e. The first kappa shape index (κ1) is 19.8. The molecule has 3 aromatic rings. The third-order valence-electron chi connectivity index (χ3n) is 4.96. The van der Waals surface area contributed by atoms with Crippen LogP contribution < -0.4 is 10.7 Å². The van der Waals surface area contributed by atoms with Crippen LogP contribution in [0.1, 0.15) is 12.0 Å². The number of hydrogen-bond acceptors (Lipinski definition) is 5. The van der Waals surface area contributed by atoms with Crippen molar-refractivity contribution in [3.8, 4) is 0 Å². The molecule has 0 bridgehead atoms. The summed E-state index contributed by atoms with van der Waals surface area (Å²) in [5.41, 5.74) is 0.349. The summed E-state index contributed by atoms with van der Waals surface area (Å²) in [6.45, 7) is 3.00.